The number of hydrogen-bond donors (Lipinski definition) is 5. The lowest BCUT2D eigenvalue weighted by Crippen LogP contribution is -2.60. The number of aliphatic hydroxyl groups is 5. The minimum absolute atomic E-state index is 0.124. The van der Waals surface area contributed by atoms with Gasteiger partial charge in [-0.2, -0.15) is 0 Å². The van der Waals surface area contributed by atoms with Crippen molar-refractivity contribution in [3.8, 4) is 0 Å². The first kappa shape index (κ1) is 48.9. The molecule has 0 radical (unpaired) electrons. The molecule has 3 heterocycles. The Morgan fingerprint density at radius 2 is 1.55 bits per heavy atom. The number of methoxy groups -OCH3 is 1. The first-order chi connectivity index (χ1) is 27.0. The zero-order valence-corrected chi connectivity index (χ0v) is 37.3. The number of hydrogen-bond acceptors (Lipinski definition) is 14. The van der Waals surface area contributed by atoms with Crippen molar-refractivity contribution in [3.05, 3.63) is 35.9 Å². The summed E-state index contributed by atoms with van der Waals surface area (Å²) in [4.78, 5) is 18.5. The van der Waals surface area contributed by atoms with E-state index in [0.717, 1.165) is 5.56 Å². The summed E-state index contributed by atoms with van der Waals surface area (Å²) in [6.45, 7) is 18.6. The van der Waals surface area contributed by atoms with Crippen LogP contribution in [0.2, 0.25) is 0 Å². The lowest BCUT2D eigenvalue weighted by atomic mass is 9.77. The summed E-state index contributed by atoms with van der Waals surface area (Å²) in [6, 6.07) is 8.94. The van der Waals surface area contributed by atoms with Gasteiger partial charge < -0.3 is 58.9 Å². The Morgan fingerprint density at radius 1 is 0.914 bits per heavy atom. The van der Waals surface area contributed by atoms with E-state index >= 15 is 0 Å². The molecule has 58 heavy (non-hydrogen) atoms. The maximum absolute atomic E-state index is 14.4. The van der Waals surface area contributed by atoms with E-state index in [2.05, 4.69) is 4.90 Å². The van der Waals surface area contributed by atoms with Gasteiger partial charge in [0.15, 0.2) is 12.6 Å². The number of carbonyl (C=O) groups is 1. The van der Waals surface area contributed by atoms with Crippen molar-refractivity contribution < 1.29 is 58.7 Å². The maximum Gasteiger partial charge on any atom is 0.311 e. The average molecular weight is 825 g/mol. The van der Waals surface area contributed by atoms with Crippen LogP contribution < -0.4 is 0 Å². The second kappa shape index (κ2) is 19.9. The quantitative estimate of drug-likeness (QED) is 0.229. The third-order valence-electron chi connectivity index (χ3n) is 13.3. The summed E-state index contributed by atoms with van der Waals surface area (Å²) in [5.41, 5.74) is -3.48. The van der Waals surface area contributed by atoms with Gasteiger partial charge in [-0.15, -0.1) is 0 Å². The minimum atomic E-state index is -1.85. The number of likely N-dealkylation sites (N-methyl/N-ethyl adjacent to an activating group) is 1. The molecule has 0 aromatic heterocycles. The van der Waals surface area contributed by atoms with E-state index in [1.54, 1.807) is 34.6 Å². The lowest BCUT2D eigenvalue weighted by Gasteiger charge is -2.48. The van der Waals surface area contributed by atoms with Crippen LogP contribution in [0.4, 0.5) is 0 Å². The number of cyclic esters (lactones) is 1. The molecule has 0 bridgehead atoms. The Hall–Kier alpha value is -1.79. The molecular weight excluding hydrogens is 748 g/mol. The molecule has 3 fully saturated rings. The van der Waals surface area contributed by atoms with E-state index in [-0.39, 0.29) is 37.3 Å². The molecule has 14 nitrogen and oxygen atoms in total. The Balaban J connectivity index is 1.85. The van der Waals surface area contributed by atoms with E-state index in [0.29, 0.717) is 19.5 Å². The van der Waals surface area contributed by atoms with Gasteiger partial charge in [-0.1, -0.05) is 51.1 Å². The van der Waals surface area contributed by atoms with Crippen molar-refractivity contribution >= 4 is 5.97 Å². The second-order valence-corrected chi connectivity index (χ2v) is 18.6. The fraction of sp³-hybridized carbons (Fsp3) is 0.841. The van der Waals surface area contributed by atoms with Crippen molar-refractivity contribution in [2.24, 2.45) is 17.8 Å². The average Bonchev–Trinajstić information content (AvgIpc) is 3.16. The van der Waals surface area contributed by atoms with E-state index in [1.807, 2.05) is 77.0 Å². The first-order valence-corrected chi connectivity index (χ1v) is 21.3. The molecule has 14 heteroatoms. The molecule has 0 unspecified atom stereocenters. The molecule has 5 N–H and O–H groups in total. The SMILES string of the molecule is CC[C@H]1OC(=O)[C@H](C)[C@@H](O[C@@H]2C[C@](C)(OC)[C@H](O)[C@@H](C)O2)[C@H](C)[C@@H](O[C@H]2O[C@@H](C)C[C@@H](N(C)C)[C@@H]2O)[C@](C)(O)C[C@@H](C)CN(Cc2ccccc2)[C@H](C)[C@@H](O)[C@]1(C)O. The van der Waals surface area contributed by atoms with Crippen LogP contribution in [0.3, 0.4) is 0 Å². The number of rotatable bonds is 9. The molecule has 18 atom stereocenters. The molecule has 0 spiro atoms. The highest BCUT2D eigenvalue weighted by atomic mass is 16.7. The van der Waals surface area contributed by atoms with Crippen LogP contribution in [0.15, 0.2) is 30.3 Å². The summed E-state index contributed by atoms with van der Waals surface area (Å²) in [5.74, 6) is -2.69. The summed E-state index contributed by atoms with van der Waals surface area (Å²) >= 11 is 0. The van der Waals surface area contributed by atoms with Gasteiger partial charge in [0.2, 0.25) is 0 Å². The van der Waals surface area contributed by atoms with Crippen LogP contribution in [0.5, 0.6) is 0 Å². The standard InChI is InChI=1S/C44H76N2O12/c1-14-33-44(10,52)37(48)29(6)46(24-31-18-16-15-17-19-31)23-25(2)21-42(8,51)39(58-41-35(47)32(45(11)12)20-26(3)54-41)27(4)36(28(5)40(50)56-33)57-34-22-43(9,53-13)38(49)30(7)55-34/h15-19,25-30,32-39,41,47-49,51-52H,14,20-24H2,1-13H3/t25-,26+,27+,28-,29-,30-,32-,33-,34-,35+,36+,37-,38-,39-,41-,42-,43+,44-/m1/s1. The minimum Gasteiger partial charge on any atom is -0.459 e. The predicted molar refractivity (Wildman–Crippen MR) is 218 cm³/mol. The number of nitrogens with zero attached hydrogens (tertiary/aromatic N) is 2. The van der Waals surface area contributed by atoms with Crippen molar-refractivity contribution in [3.63, 3.8) is 0 Å². The lowest BCUT2D eigenvalue weighted by molar-refractivity contribution is -0.318. The number of esters is 1. The van der Waals surface area contributed by atoms with Gasteiger partial charge in [-0.25, -0.2) is 0 Å². The smallest absolute Gasteiger partial charge is 0.311 e. The van der Waals surface area contributed by atoms with Crippen LogP contribution in [0, 0.1) is 17.8 Å². The van der Waals surface area contributed by atoms with Gasteiger partial charge in [-0.05, 0) is 93.3 Å². The highest BCUT2D eigenvalue weighted by Crippen LogP contribution is 2.40. The van der Waals surface area contributed by atoms with Crippen LogP contribution in [0.1, 0.15) is 100 Å². The highest BCUT2D eigenvalue weighted by molar-refractivity contribution is 5.73. The molecule has 1 aromatic rings. The van der Waals surface area contributed by atoms with E-state index in [1.165, 1.54) is 14.0 Å². The predicted octanol–water partition coefficient (Wildman–Crippen LogP) is 3.47. The first-order valence-electron chi connectivity index (χ1n) is 21.3. The van der Waals surface area contributed by atoms with Crippen LogP contribution in [-0.2, 0) is 39.8 Å². The molecule has 1 aromatic carbocycles. The fourth-order valence-corrected chi connectivity index (χ4v) is 9.63. The highest BCUT2D eigenvalue weighted by Gasteiger charge is 2.53. The van der Waals surface area contributed by atoms with Gasteiger partial charge in [0.1, 0.15) is 30.0 Å². The number of ether oxygens (including phenoxy) is 6. The number of carbonyl (C=O) groups excluding carboxylic acids is 1. The van der Waals surface area contributed by atoms with E-state index in [9.17, 15) is 30.3 Å². The Bertz CT molecular complexity index is 1430. The Labute approximate surface area is 347 Å². The van der Waals surface area contributed by atoms with Gasteiger partial charge >= 0.3 is 5.97 Å². The molecule has 0 amide bonds. The van der Waals surface area contributed by atoms with Gasteiger partial charge in [0.05, 0.1) is 41.5 Å². The van der Waals surface area contributed by atoms with Gasteiger partial charge in [-0.3, -0.25) is 9.69 Å². The molecule has 0 aliphatic carbocycles. The summed E-state index contributed by atoms with van der Waals surface area (Å²) in [5, 5.41) is 59.5. The number of benzene rings is 1. The van der Waals surface area contributed by atoms with Crippen molar-refractivity contribution in [2.75, 3.05) is 27.7 Å². The third kappa shape index (κ3) is 11.2. The Morgan fingerprint density at radius 3 is 2.14 bits per heavy atom. The van der Waals surface area contributed by atoms with Crippen LogP contribution >= 0.6 is 0 Å². The molecule has 3 aliphatic heterocycles. The molecule has 3 aliphatic rings. The van der Waals surface area contributed by atoms with Crippen molar-refractivity contribution in [2.45, 2.75) is 192 Å². The molecule has 0 saturated carbocycles. The summed E-state index contributed by atoms with van der Waals surface area (Å²) in [6.07, 6.45) is -8.49. The second-order valence-electron chi connectivity index (χ2n) is 18.6. The van der Waals surface area contributed by atoms with Crippen LogP contribution in [0.25, 0.3) is 0 Å². The monoisotopic (exact) mass is 825 g/mol. The maximum atomic E-state index is 14.4. The van der Waals surface area contributed by atoms with Crippen molar-refractivity contribution in [1.82, 2.24) is 9.80 Å². The van der Waals surface area contributed by atoms with E-state index in [4.69, 9.17) is 28.4 Å². The fourth-order valence-electron chi connectivity index (χ4n) is 9.63. The number of aliphatic hydroxyl groups excluding tert-OH is 3. The Kier molecular flexibility index (Phi) is 16.8. The summed E-state index contributed by atoms with van der Waals surface area (Å²) in [7, 11) is 5.29. The largest absolute Gasteiger partial charge is 0.459 e. The summed E-state index contributed by atoms with van der Waals surface area (Å²) < 4.78 is 38.0. The molecule has 334 valence electrons. The molecule has 4 rings (SSSR count). The third-order valence-corrected chi connectivity index (χ3v) is 13.3. The van der Waals surface area contributed by atoms with Crippen molar-refractivity contribution in [1.29, 1.82) is 0 Å². The molecular formula is C44H76N2O12. The topological polar surface area (TPSA) is 180 Å². The van der Waals surface area contributed by atoms with E-state index < -0.39 is 96.0 Å². The zero-order chi connectivity index (χ0) is 43.5. The van der Waals surface area contributed by atoms with Gasteiger partial charge in [0, 0.05) is 44.6 Å². The van der Waals surface area contributed by atoms with Gasteiger partial charge in [0.25, 0.3) is 0 Å². The zero-order valence-electron chi connectivity index (χ0n) is 37.3. The molecule has 3 saturated heterocycles. The van der Waals surface area contributed by atoms with Crippen LogP contribution in [-0.4, -0.2) is 159 Å². The normalized spacial score (nSPS) is 45.6.